The lowest BCUT2D eigenvalue weighted by molar-refractivity contribution is -0.384. The fourth-order valence-electron chi connectivity index (χ4n) is 3.49. The molecule has 0 bridgehead atoms. The summed E-state index contributed by atoms with van der Waals surface area (Å²) in [7, 11) is 0. The van der Waals surface area contributed by atoms with Crippen molar-refractivity contribution in [2.24, 2.45) is 0 Å². The van der Waals surface area contributed by atoms with Crippen molar-refractivity contribution < 1.29 is 9.66 Å². The molecule has 0 radical (unpaired) electrons. The van der Waals surface area contributed by atoms with Crippen molar-refractivity contribution in [3.05, 3.63) is 34.4 Å². The fraction of sp³-hybridized carbons (Fsp3) is 0.667. The SMILES string of the molecule is CC1(C)OC(C)(C)C(C)(C)N(c2ccc([N+](=O)[O-])cc2)C1(C)C. The minimum Gasteiger partial charge on any atom is -0.365 e. The predicted octanol–water partition coefficient (Wildman–Crippen LogP) is 4.55. The Hall–Kier alpha value is -1.62. The van der Waals surface area contributed by atoms with Gasteiger partial charge in [0.25, 0.3) is 5.69 Å². The molecule has 1 aromatic rings. The number of hydrogen-bond donors (Lipinski definition) is 0. The number of morpholine rings is 1. The highest BCUT2D eigenvalue weighted by atomic mass is 16.6. The fourth-order valence-corrected chi connectivity index (χ4v) is 3.49. The Morgan fingerprint density at radius 2 is 1.26 bits per heavy atom. The lowest BCUT2D eigenvalue weighted by Gasteiger charge is -2.67. The van der Waals surface area contributed by atoms with Crippen LogP contribution in [0.3, 0.4) is 0 Å². The number of non-ortho nitro benzene ring substituents is 1. The molecular weight excluding hydrogens is 292 g/mol. The van der Waals surface area contributed by atoms with Gasteiger partial charge in [-0.1, -0.05) is 0 Å². The highest BCUT2D eigenvalue weighted by Gasteiger charge is 2.60. The number of ether oxygens (including phenoxy) is 1. The van der Waals surface area contributed by atoms with Crippen LogP contribution in [-0.2, 0) is 4.74 Å². The van der Waals surface area contributed by atoms with E-state index in [1.54, 1.807) is 12.1 Å². The van der Waals surface area contributed by atoms with Crippen molar-refractivity contribution in [2.75, 3.05) is 4.90 Å². The van der Waals surface area contributed by atoms with Gasteiger partial charge in [-0.2, -0.15) is 0 Å². The molecule has 1 heterocycles. The molecule has 0 aliphatic carbocycles. The van der Waals surface area contributed by atoms with E-state index in [0.29, 0.717) is 0 Å². The van der Waals surface area contributed by atoms with Gasteiger partial charge in [-0.25, -0.2) is 0 Å². The van der Waals surface area contributed by atoms with Crippen molar-refractivity contribution in [3.8, 4) is 0 Å². The molecule has 0 spiro atoms. The van der Waals surface area contributed by atoms with Gasteiger partial charge in [-0.05, 0) is 67.5 Å². The molecule has 23 heavy (non-hydrogen) atoms. The van der Waals surface area contributed by atoms with Crippen LogP contribution in [0.25, 0.3) is 0 Å². The summed E-state index contributed by atoms with van der Waals surface area (Å²) in [5, 5.41) is 10.9. The Labute approximate surface area is 138 Å². The number of hydrogen-bond acceptors (Lipinski definition) is 4. The second kappa shape index (κ2) is 4.94. The van der Waals surface area contributed by atoms with Crippen LogP contribution in [0.4, 0.5) is 11.4 Å². The van der Waals surface area contributed by atoms with Crippen LogP contribution in [-0.4, -0.2) is 27.2 Å². The van der Waals surface area contributed by atoms with E-state index in [1.165, 1.54) is 0 Å². The summed E-state index contributed by atoms with van der Waals surface area (Å²) in [5.41, 5.74) is -0.266. The van der Waals surface area contributed by atoms with Crippen LogP contribution in [0.5, 0.6) is 0 Å². The summed E-state index contributed by atoms with van der Waals surface area (Å²) in [6.07, 6.45) is 0. The Morgan fingerprint density at radius 1 is 0.870 bits per heavy atom. The van der Waals surface area contributed by atoms with Crippen LogP contribution in [0.2, 0.25) is 0 Å². The average Bonchev–Trinajstić information content (AvgIpc) is 2.36. The first-order chi connectivity index (χ1) is 10.2. The van der Waals surface area contributed by atoms with Gasteiger partial charge in [0.15, 0.2) is 0 Å². The largest absolute Gasteiger partial charge is 0.365 e. The van der Waals surface area contributed by atoms with E-state index in [0.717, 1.165) is 5.69 Å². The smallest absolute Gasteiger partial charge is 0.269 e. The van der Waals surface area contributed by atoms with Crippen LogP contribution >= 0.6 is 0 Å². The van der Waals surface area contributed by atoms with Crippen molar-refractivity contribution in [2.45, 2.75) is 77.7 Å². The molecule has 1 saturated heterocycles. The van der Waals surface area contributed by atoms with Gasteiger partial charge in [0, 0.05) is 17.8 Å². The lowest BCUT2D eigenvalue weighted by atomic mass is 9.71. The first-order valence-electron chi connectivity index (χ1n) is 7.99. The summed E-state index contributed by atoms with van der Waals surface area (Å²) < 4.78 is 6.46. The second-order valence-corrected chi connectivity index (χ2v) is 8.35. The predicted molar refractivity (Wildman–Crippen MR) is 93.0 cm³/mol. The van der Waals surface area contributed by atoms with Crippen LogP contribution < -0.4 is 4.90 Å². The second-order valence-electron chi connectivity index (χ2n) is 8.35. The third-order valence-electron chi connectivity index (χ3n) is 5.89. The maximum Gasteiger partial charge on any atom is 0.269 e. The summed E-state index contributed by atoms with van der Waals surface area (Å²) in [6, 6.07) is 6.80. The average molecular weight is 320 g/mol. The van der Waals surface area contributed by atoms with E-state index < -0.39 is 0 Å². The van der Waals surface area contributed by atoms with Gasteiger partial charge in [0.05, 0.1) is 27.2 Å². The number of rotatable bonds is 2. The van der Waals surface area contributed by atoms with E-state index >= 15 is 0 Å². The number of benzene rings is 1. The molecule has 0 aromatic heterocycles. The maximum absolute atomic E-state index is 10.9. The first kappa shape index (κ1) is 17.7. The molecule has 5 nitrogen and oxygen atoms in total. The number of nitrogens with zero attached hydrogens (tertiary/aromatic N) is 2. The number of anilines is 1. The zero-order valence-corrected chi connectivity index (χ0v) is 15.4. The van der Waals surface area contributed by atoms with Gasteiger partial charge in [0.2, 0.25) is 0 Å². The molecule has 1 aromatic carbocycles. The lowest BCUT2D eigenvalue weighted by Crippen LogP contribution is -2.78. The molecule has 5 heteroatoms. The maximum atomic E-state index is 10.9. The summed E-state index contributed by atoms with van der Waals surface area (Å²) in [6.45, 7) is 17.0. The Balaban J connectivity index is 2.61. The van der Waals surface area contributed by atoms with Gasteiger partial charge in [0.1, 0.15) is 0 Å². The van der Waals surface area contributed by atoms with Crippen molar-refractivity contribution in [3.63, 3.8) is 0 Å². The van der Waals surface area contributed by atoms with E-state index in [4.69, 9.17) is 4.74 Å². The molecule has 0 unspecified atom stereocenters. The minimum absolute atomic E-state index is 0.108. The highest BCUT2D eigenvalue weighted by molar-refractivity contribution is 5.57. The topological polar surface area (TPSA) is 55.6 Å². The summed E-state index contributed by atoms with van der Waals surface area (Å²) in [4.78, 5) is 12.9. The molecule has 1 aliphatic rings. The molecule has 0 saturated carbocycles. The van der Waals surface area contributed by atoms with Crippen LogP contribution in [0.15, 0.2) is 24.3 Å². The van der Waals surface area contributed by atoms with E-state index in [1.807, 2.05) is 12.1 Å². The van der Waals surface area contributed by atoms with Gasteiger partial charge < -0.3 is 9.64 Å². The normalized spacial score (nSPS) is 24.3. The third-order valence-corrected chi connectivity index (χ3v) is 5.89. The van der Waals surface area contributed by atoms with Crippen LogP contribution in [0.1, 0.15) is 55.4 Å². The Bertz CT molecular complexity index is 590. The minimum atomic E-state index is -0.381. The number of nitro benzene ring substituents is 1. The molecule has 128 valence electrons. The molecule has 1 aliphatic heterocycles. The van der Waals surface area contributed by atoms with E-state index in [-0.39, 0.29) is 32.9 Å². The van der Waals surface area contributed by atoms with Crippen LogP contribution in [0, 0.1) is 10.1 Å². The Kier molecular flexibility index (Phi) is 3.80. The van der Waals surface area contributed by atoms with Crippen molar-refractivity contribution in [1.29, 1.82) is 0 Å². The van der Waals surface area contributed by atoms with E-state index in [9.17, 15) is 10.1 Å². The molecule has 2 rings (SSSR count). The van der Waals surface area contributed by atoms with Gasteiger partial charge in [-0.15, -0.1) is 0 Å². The summed E-state index contributed by atoms with van der Waals surface area (Å²) >= 11 is 0. The van der Waals surface area contributed by atoms with Gasteiger partial charge in [-0.3, -0.25) is 10.1 Å². The summed E-state index contributed by atoms with van der Waals surface area (Å²) in [5.74, 6) is 0. The first-order valence-corrected chi connectivity index (χ1v) is 7.99. The Morgan fingerprint density at radius 3 is 1.61 bits per heavy atom. The van der Waals surface area contributed by atoms with Gasteiger partial charge >= 0.3 is 0 Å². The van der Waals surface area contributed by atoms with Crippen molar-refractivity contribution in [1.82, 2.24) is 0 Å². The molecular formula is C18H28N2O3. The molecule has 1 fully saturated rings. The quantitative estimate of drug-likeness (QED) is 0.593. The van der Waals surface area contributed by atoms with E-state index in [2.05, 4.69) is 60.3 Å². The molecule has 0 amide bonds. The number of nitro groups is 1. The zero-order chi connectivity index (χ0) is 17.8. The zero-order valence-electron chi connectivity index (χ0n) is 15.4. The molecule has 0 N–H and O–H groups in total. The molecule has 0 atom stereocenters. The standard InChI is InChI=1S/C18H28N2O3/c1-15(2)17(5,6)23-18(7,8)16(3,4)19(15)13-9-11-14(12-10-13)20(21)22/h9-12H,1-8H3. The highest BCUT2D eigenvalue weighted by Crippen LogP contribution is 2.51. The van der Waals surface area contributed by atoms with Crippen molar-refractivity contribution >= 4 is 11.4 Å². The monoisotopic (exact) mass is 320 g/mol. The third kappa shape index (κ3) is 2.51.